The number of rotatable bonds is 6. The van der Waals surface area contributed by atoms with E-state index in [1.807, 2.05) is 27.7 Å². The van der Waals surface area contributed by atoms with Gasteiger partial charge in [-0.05, 0) is 68.9 Å². The topological polar surface area (TPSA) is 9.23 Å². The second-order valence-electron chi connectivity index (χ2n) is 6.96. The molecule has 0 saturated heterocycles. The van der Waals surface area contributed by atoms with Gasteiger partial charge in [-0.3, -0.25) is 0 Å². The third kappa shape index (κ3) is 4.97. The number of ether oxygens (including phenoxy) is 1. The number of benzene rings is 1. The third-order valence-electron chi connectivity index (χ3n) is 4.81. The number of alkyl halides is 3. The van der Waals surface area contributed by atoms with Crippen LogP contribution in [0.4, 0.5) is 13.2 Å². The Hall–Kier alpha value is -1.55. The van der Waals surface area contributed by atoms with Crippen molar-refractivity contribution in [1.29, 1.82) is 0 Å². The van der Waals surface area contributed by atoms with Gasteiger partial charge in [0.1, 0.15) is 0 Å². The summed E-state index contributed by atoms with van der Waals surface area (Å²) in [4.78, 5) is 0. The monoisotopic (exact) mass is 352 g/mol. The minimum atomic E-state index is -4.30. The molecule has 0 amide bonds. The molecule has 138 valence electrons. The Bertz CT molecular complexity index is 664. The van der Waals surface area contributed by atoms with Gasteiger partial charge in [0.05, 0.1) is 12.2 Å². The minimum absolute atomic E-state index is 0.00320. The summed E-state index contributed by atoms with van der Waals surface area (Å²) in [5, 5.41) is 0. The van der Waals surface area contributed by atoms with Gasteiger partial charge in [-0.25, -0.2) is 0 Å². The summed E-state index contributed by atoms with van der Waals surface area (Å²) in [7, 11) is 0. The smallest absolute Gasteiger partial charge is 0.377 e. The second kappa shape index (κ2) is 8.22. The van der Waals surface area contributed by atoms with E-state index < -0.39 is 11.7 Å². The lowest BCUT2D eigenvalue weighted by Crippen LogP contribution is -2.10. The van der Waals surface area contributed by atoms with Crippen molar-refractivity contribution < 1.29 is 17.9 Å². The number of aryl methyl sites for hydroxylation is 1. The summed E-state index contributed by atoms with van der Waals surface area (Å²) in [6.45, 7) is 9.30. The first-order valence-corrected chi connectivity index (χ1v) is 8.86. The van der Waals surface area contributed by atoms with Crippen LogP contribution in [-0.4, -0.2) is 13.2 Å². The lowest BCUT2D eigenvalue weighted by Gasteiger charge is -2.19. The van der Waals surface area contributed by atoms with Crippen LogP contribution in [0.15, 0.2) is 41.0 Å². The number of hydrogen-bond donors (Lipinski definition) is 0. The molecule has 0 aromatic heterocycles. The molecule has 1 aliphatic carbocycles. The molecule has 0 radical (unpaired) electrons. The molecule has 1 aromatic rings. The van der Waals surface area contributed by atoms with E-state index in [0.29, 0.717) is 13.2 Å². The first kappa shape index (κ1) is 19.8. The van der Waals surface area contributed by atoms with E-state index in [0.717, 1.165) is 41.5 Å². The number of halogens is 3. The average Bonchev–Trinajstić information content (AvgIpc) is 2.96. The van der Waals surface area contributed by atoms with Crippen LogP contribution in [-0.2, 0) is 17.3 Å². The van der Waals surface area contributed by atoms with Gasteiger partial charge in [-0.1, -0.05) is 30.2 Å². The quantitative estimate of drug-likeness (QED) is 0.422. The molecular weight excluding hydrogens is 325 g/mol. The fourth-order valence-electron chi connectivity index (χ4n) is 3.16. The van der Waals surface area contributed by atoms with E-state index in [1.165, 1.54) is 17.7 Å². The Morgan fingerprint density at radius 3 is 2.56 bits per heavy atom. The van der Waals surface area contributed by atoms with Crippen LogP contribution in [0.25, 0.3) is 0 Å². The van der Waals surface area contributed by atoms with Crippen LogP contribution in [0.3, 0.4) is 0 Å². The van der Waals surface area contributed by atoms with Gasteiger partial charge in [-0.2, -0.15) is 13.2 Å². The first-order chi connectivity index (χ1) is 11.7. The minimum Gasteiger partial charge on any atom is -0.377 e. The van der Waals surface area contributed by atoms with Crippen molar-refractivity contribution in [3.8, 4) is 0 Å². The Kier molecular flexibility index (Phi) is 6.50. The number of hydrogen-bond acceptors (Lipinski definition) is 1. The molecule has 0 saturated carbocycles. The predicted molar refractivity (Wildman–Crippen MR) is 95.7 cm³/mol. The lowest BCUT2D eigenvalue weighted by molar-refractivity contribution is -0.137. The molecule has 1 nitrogen and oxygen atoms in total. The van der Waals surface area contributed by atoms with Crippen molar-refractivity contribution in [1.82, 2.24) is 0 Å². The summed E-state index contributed by atoms with van der Waals surface area (Å²) in [6.07, 6.45) is 0.380. The summed E-state index contributed by atoms with van der Waals surface area (Å²) in [5.74, 6) is 0.00320. The molecular formula is C21H27F3O. The Morgan fingerprint density at radius 1 is 1.24 bits per heavy atom. The van der Waals surface area contributed by atoms with Crippen LogP contribution in [0.1, 0.15) is 63.1 Å². The fourth-order valence-corrected chi connectivity index (χ4v) is 3.16. The largest absolute Gasteiger partial charge is 0.416 e. The molecule has 25 heavy (non-hydrogen) atoms. The number of fused-ring (bicyclic) bond motifs is 1. The highest BCUT2D eigenvalue weighted by Crippen LogP contribution is 2.41. The fraction of sp³-hybridized carbons (Fsp3) is 0.524. The van der Waals surface area contributed by atoms with Crippen LogP contribution >= 0.6 is 0 Å². The Labute approximate surface area is 148 Å². The van der Waals surface area contributed by atoms with Gasteiger partial charge in [0.2, 0.25) is 0 Å². The van der Waals surface area contributed by atoms with Crippen molar-refractivity contribution in [3.05, 3.63) is 57.7 Å². The molecule has 1 aromatic carbocycles. The SMILES string of the molecule is CCCOC/C(=C/C(C)=C(C)C)C1CCc2ccc(C(F)(F)F)cc21. The molecule has 0 spiro atoms. The maximum absolute atomic E-state index is 13.1. The van der Waals surface area contributed by atoms with E-state index >= 15 is 0 Å². The highest BCUT2D eigenvalue weighted by atomic mass is 19.4. The predicted octanol–water partition coefficient (Wildman–Crippen LogP) is 6.44. The number of allylic oxidation sites excluding steroid dienone is 3. The van der Waals surface area contributed by atoms with Crippen molar-refractivity contribution >= 4 is 0 Å². The summed E-state index contributed by atoms with van der Waals surface area (Å²) in [6, 6.07) is 4.16. The van der Waals surface area contributed by atoms with Gasteiger partial charge in [0.25, 0.3) is 0 Å². The molecule has 0 N–H and O–H groups in total. The summed E-state index contributed by atoms with van der Waals surface area (Å²) >= 11 is 0. The van der Waals surface area contributed by atoms with Crippen LogP contribution < -0.4 is 0 Å². The van der Waals surface area contributed by atoms with Crippen molar-refractivity contribution in [2.75, 3.05) is 13.2 Å². The maximum Gasteiger partial charge on any atom is 0.416 e. The van der Waals surface area contributed by atoms with Crippen LogP contribution in [0.5, 0.6) is 0 Å². The summed E-state index contributed by atoms with van der Waals surface area (Å²) in [5.41, 5.74) is 4.69. The molecule has 0 heterocycles. The molecule has 0 aliphatic heterocycles. The lowest BCUT2D eigenvalue weighted by atomic mass is 9.90. The summed E-state index contributed by atoms with van der Waals surface area (Å²) < 4.78 is 45.0. The zero-order chi connectivity index (χ0) is 18.6. The van der Waals surface area contributed by atoms with Crippen LogP contribution in [0, 0.1) is 0 Å². The van der Waals surface area contributed by atoms with Crippen molar-refractivity contribution in [3.63, 3.8) is 0 Å². The van der Waals surface area contributed by atoms with E-state index in [4.69, 9.17) is 4.74 Å². The Balaban J connectivity index is 2.39. The zero-order valence-corrected chi connectivity index (χ0v) is 15.5. The van der Waals surface area contributed by atoms with Gasteiger partial charge < -0.3 is 4.74 Å². The van der Waals surface area contributed by atoms with E-state index in [9.17, 15) is 13.2 Å². The molecule has 0 fully saturated rings. The van der Waals surface area contributed by atoms with Crippen molar-refractivity contribution in [2.24, 2.45) is 0 Å². The van der Waals surface area contributed by atoms with E-state index in [2.05, 4.69) is 6.08 Å². The third-order valence-corrected chi connectivity index (χ3v) is 4.81. The molecule has 4 heteroatoms. The second-order valence-corrected chi connectivity index (χ2v) is 6.96. The zero-order valence-electron chi connectivity index (χ0n) is 15.5. The molecule has 1 unspecified atom stereocenters. The Morgan fingerprint density at radius 2 is 1.96 bits per heavy atom. The molecule has 1 atom stereocenters. The standard InChI is InChI=1S/C21H27F3O/c1-5-10-25-13-17(11-15(4)14(2)3)19-9-7-16-6-8-18(12-20(16)19)21(22,23)24/h6,8,11-12,19H,5,7,9-10,13H2,1-4H3/b17-11-. The van der Waals surface area contributed by atoms with Gasteiger partial charge in [0.15, 0.2) is 0 Å². The van der Waals surface area contributed by atoms with E-state index in [-0.39, 0.29) is 5.92 Å². The maximum atomic E-state index is 13.1. The van der Waals surface area contributed by atoms with Crippen LogP contribution in [0.2, 0.25) is 0 Å². The van der Waals surface area contributed by atoms with Crippen molar-refractivity contribution in [2.45, 2.75) is 59.1 Å². The average molecular weight is 352 g/mol. The molecule has 2 rings (SSSR count). The highest BCUT2D eigenvalue weighted by Gasteiger charge is 2.34. The first-order valence-electron chi connectivity index (χ1n) is 8.86. The van der Waals surface area contributed by atoms with Gasteiger partial charge >= 0.3 is 6.18 Å². The highest BCUT2D eigenvalue weighted by molar-refractivity contribution is 5.45. The van der Waals surface area contributed by atoms with E-state index in [1.54, 1.807) is 6.07 Å². The van der Waals surface area contributed by atoms with Gasteiger partial charge in [0, 0.05) is 12.5 Å². The van der Waals surface area contributed by atoms with Gasteiger partial charge in [-0.15, -0.1) is 0 Å². The normalized spacial score (nSPS) is 17.6. The molecule has 1 aliphatic rings. The molecule has 0 bridgehead atoms.